The molecule has 1 rings (SSSR count). The van der Waals surface area contributed by atoms with Crippen LogP contribution in [0.15, 0.2) is 0 Å². The number of nitrogens with zero attached hydrogens (tertiary/aromatic N) is 1. The first kappa shape index (κ1) is 17.0. The van der Waals surface area contributed by atoms with Gasteiger partial charge >= 0.3 is 0 Å². The first-order valence-corrected chi connectivity index (χ1v) is 8.10. The van der Waals surface area contributed by atoms with E-state index in [-0.39, 0.29) is 0 Å². The molecule has 0 aromatic rings. The molecule has 1 N–H and O–H groups in total. The van der Waals surface area contributed by atoms with Crippen molar-refractivity contribution in [3.63, 3.8) is 0 Å². The topological polar surface area (TPSA) is 15.3 Å². The van der Waals surface area contributed by atoms with E-state index in [9.17, 15) is 0 Å². The molecule has 0 radical (unpaired) electrons. The van der Waals surface area contributed by atoms with Gasteiger partial charge in [0, 0.05) is 31.7 Å². The molecule has 1 heterocycles. The van der Waals surface area contributed by atoms with Crippen LogP contribution in [0.2, 0.25) is 0 Å². The fourth-order valence-corrected chi connectivity index (χ4v) is 2.79. The summed E-state index contributed by atoms with van der Waals surface area (Å²) in [6.45, 7) is 22.5. The number of rotatable bonds is 4. The molecule has 0 bridgehead atoms. The van der Waals surface area contributed by atoms with E-state index in [4.69, 9.17) is 0 Å². The normalized spacial score (nSPS) is 28.1. The van der Waals surface area contributed by atoms with Crippen LogP contribution in [-0.2, 0) is 0 Å². The van der Waals surface area contributed by atoms with E-state index >= 15 is 0 Å². The Hall–Kier alpha value is -0.0800. The molecule has 19 heavy (non-hydrogen) atoms. The summed E-state index contributed by atoms with van der Waals surface area (Å²) < 4.78 is 0. The Balaban J connectivity index is 2.72. The molecule has 1 saturated heterocycles. The third-order valence-electron chi connectivity index (χ3n) is 5.05. The van der Waals surface area contributed by atoms with Crippen molar-refractivity contribution in [1.29, 1.82) is 0 Å². The predicted octanol–water partition coefficient (Wildman–Crippen LogP) is 3.62. The van der Waals surface area contributed by atoms with Gasteiger partial charge in [0.25, 0.3) is 0 Å². The van der Waals surface area contributed by atoms with Crippen LogP contribution in [0.5, 0.6) is 0 Å². The van der Waals surface area contributed by atoms with Gasteiger partial charge in [0.2, 0.25) is 0 Å². The van der Waals surface area contributed by atoms with Crippen molar-refractivity contribution in [3.8, 4) is 0 Å². The van der Waals surface area contributed by atoms with Gasteiger partial charge in [0.1, 0.15) is 0 Å². The predicted molar refractivity (Wildman–Crippen MR) is 85.4 cm³/mol. The summed E-state index contributed by atoms with van der Waals surface area (Å²) in [4.78, 5) is 2.75. The summed E-state index contributed by atoms with van der Waals surface area (Å²) in [6.07, 6.45) is 0. The van der Waals surface area contributed by atoms with Gasteiger partial charge in [-0.15, -0.1) is 0 Å². The lowest BCUT2D eigenvalue weighted by Gasteiger charge is -2.46. The second-order valence-corrected chi connectivity index (χ2v) is 8.29. The van der Waals surface area contributed by atoms with Gasteiger partial charge in [-0.3, -0.25) is 4.90 Å². The van der Waals surface area contributed by atoms with Crippen LogP contribution in [0, 0.1) is 23.2 Å². The van der Waals surface area contributed by atoms with E-state index in [0.717, 1.165) is 24.3 Å². The lowest BCUT2D eigenvalue weighted by Crippen LogP contribution is -2.60. The summed E-state index contributed by atoms with van der Waals surface area (Å²) in [7, 11) is 0. The van der Waals surface area contributed by atoms with E-state index in [1.54, 1.807) is 0 Å². The smallest absolute Gasteiger partial charge is 0.0244 e. The maximum absolute atomic E-state index is 3.75. The van der Waals surface area contributed by atoms with Gasteiger partial charge in [-0.2, -0.15) is 0 Å². The molecule has 0 spiro atoms. The monoisotopic (exact) mass is 268 g/mol. The summed E-state index contributed by atoms with van der Waals surface area (Å²) in [5.74, 6) is 2.19. The minimum Gasteiger partial charge on any atom is -0.311 e. The zero-order valence-electron chi connectivity index (χ0n) is 14.5. The molecule has 3 atom stereocenters. The van der Waals surface area contributed by atoms with Crippen molar-refractivity contribution < 1.29 is 0 Å². The summed E-state index contributed by atoms with van der Waals surface area (Å²) in [5.41, 5.74) is 0.403. The fraction of sp³-hybridized carbons (Fsp3) is 1.00. The Morgan fingerprint density at radius 3 is 2.05 bits per heavy atom. The zero-order valence-corrected chi connectivity index (χ0v) is 14.5. The molecular formula is C17H36N2. The van der Waals surface area contributed by atoms with E-state index in [1.807, 2.05) is 0 Å². The number of nitrogens with one attached hydrogen (secondary N) is 1. The third kappa shape index (κ3) is 4.75. The Morgan fingerprint density at radius 1 is 1.05 bits per heavy atom. The van der Waals surface area contributed by atoms with Gasteiger partial charge in [-0.25, -0.2) is 0 Å². The van der Waals surface area contributed by atoms with Crippen LogP contribution >= 0.6 is 0 Å². The van der Waals surface area contributed by atoms with Crippen LogP contribution < -0.4 is 5.32 Å². The largest absolute Gasteiger partial charge is 0.311 e. The Labute approximate surface area is 121 Å². The number of hydrogen-bond acceptors (Lipinski definition) is 2. The van der Waals surface area contributed by atoms with Crippen molar-refractivity contribution in [3.05, 3.63) is 0 Å². The molecule has 1 fully saturated rings. The van der Waals surface area contributed by atoms with E-state index < -0.39 is 0 Å². The molecule has 3 unspecified atom stereocenters. The van der Waals surface area contributed by atoms with Crippen molar-refractivity contribution in [2.45, 2.75) is 67.5 Å². The summed E-state index contributed by atoms with van der Waals surface area (Å²) in [6, 6.07) is 1.35. The van der Waals surface area contributed by atoms with E-state index in [1.165, 1.54) is 13.1 Å². The van der Waals surface area contributed by atoms with Crippen molar-refractivity contribution in [2.75, 3.05) is 19.6 Å². The lowest BCUT2D eigenvalue weighted by atomic mass is 9.81. The highest BCUT2D eigenvalue weighted by atomic mass is 15.2. The fourth-order valence-electron chi connectivity index (χ4n) is 2.79. The molecule has 0 aliphatic carbocycles. The molecule has 0 amide bonds. The van der Waals surface area contributed by atoms with Gasteiger partial charge in [0.15, 0.2) is 0 Å². The average Bonchev–Trinajstić information content (AvgIpc) is 2.27. The molecule has 2 heteroatoms. The van der Waals surface area contributed by atoms with E-state index in [0.29, 0.717) is 17.5 Å². The molecule has 114 valence electrons. The minimum atomic E-state index is 0.403. The number of piperazine rings is 1. The second-order valence-electron chi connectivity index (χ2n) is 8.29. The molecule has 2 nitrogen and oxygen atoms in total. The summed E-state index contributed by atoms with van der Waals surface area (Å²) in [5, 5.41) is 3.75. The molecule has 0 saturated carbocycles. The van der Waals surface area contributed by atoms with Crippen molar-refractivity contribution >= 4 is 0 Å². The highest BCUT2D eigenvalue weighted by Crippen LogP contribution is 2.28. The summed E-state index contributed by atoms with van der Waals surface area (Å²) >= 11 is 0. The minimum absolute atomic E-state index is 0.403. The highest BCUT2D eigenvalue weighted by Gasteiger charge is 2.33. The quantitative estimate of drug-likeness (QED) is 0.838. The Kier molecular flexibility index (Phi) is 5.88. The van der Waals surface area contributed by atoms with Crippen LogP contribution in [0.1, 0.15) is 55.4 Å². The first-order chi connectivity index (χ1) is 8.62. The highest BCUT2D eigenvalue weighted by molar-refractivity contribution is 4.90. The SMILES string of the molecule is CC(C)C1CN(CC(C)C(C)(C)C)C(C(C)C)CN1. The molecule has 0 aromatic carbocycles. The maximum Gasteiger partial charge on any atom is 0.0244 e. The van der Waals surface area contributed by atoms with Crippen LogP contribution in [0.4, 0.5) is 0 Å². The molecular weight excluding hydrogens is 232 g/mol. The maximum atomic E-state index is 3.75. The standard InChI is InChI=1S/C17H36N2/c1-12(2)15-11-19(10-14(5)17(6,7)8)16(9-18-15)13(3)4/h12-16,18H,9-11H2,1-8H3. The van der Waals surface area contributed by atoms with Crippen molar-refractivity contribution in [2.24, 2.45) is 23.2 Å². The average molecular weight is 268 g/mol. The van der Waals surface area contributed by atoms with Gasteiger partial charge in [0.05, 0.1) is 0 Å². The molecule has 0 aromatic heterocycles. The first-order valence-electron chi connectivity index (χ1n) is 8.10. The van der Waals surface area contributed by atoms with E-state index in [2.05, 4.69) is 65.6 Å². The van der Waals surface area contributed by atoms with Gasteiger partial charge < -0.3 is 5.32 Å². The molecule has 1 aliphatic rings. The van der Waals surface area contributed by atoms with Gasteiger partial charge in [-0.1, -0.05) is 55.4 Å². The Bertz CT molecular complexity index is 265. The third-order valence-corrected chi connectivity index (χ3v) is 5.05. The van der Waals surface area contributed by atoms with Crippen LogP contribution in [0.25, 0.3) is 0 Å². The van der Waals surface area contributed by atoms with Gasteiger partial charge in [-0.05, 0) is 23.2 Å². The lowest BCUT2D eigenvalue weighted by molar-refractivity contribution is 0.0523. The molecule has 1 aliphatic heterocycles. The second kappa shape index (κ2) is 6.58. The Morgan fingerprint density at radius 2 is 1.63 bits per heavy atom. The zero-order chi connectivity index (χ0) is 14.8. The van der Waals surface area contributed by atoms with Crippen molar-refractivity contribution in [1.82, 2.24) is 10.2 Å². The van der Waals surface area contributed by atoms with Crippen LogP contribution in [-0.4, -0.2) is 36.6 Å². The number of hydrogen-bond donors (Lipinski definition) is 1. The van der Waals surface area contributed by atoms with Crippen LogP contribution in [0.3, 0.4) is 0 Å².